The van der Waals surface area contributed by atoms with Crippen LogP contribution in [0.15, 0.2) is 18.2 Å². The van der Waals surface area contributed by atoms with Crippen molar-refractivity contribution in [3.63, 3.8) is 0 Å². The molecule has 0 saturated carbocycles. The lowest BCUT2D eigenvalue weighted by Crippen LogP contribution is -2.28. The predicted molar refractivity (Wildman–Crippen MR) is 58.8 cm³/mol. The van der Waals surface area contributed by atoms with Crippen LogP contribution in [0.25, 0.3) is 0 Å². The topological polar surface area (TPSA) is 21.3 Å². The Morgan fingerprint density at radius 1 is 1.33 bits per heavy atom. The molecule has 0 atom stereocenters. The number of hydroxylamine groups is 1. The Kier molecular flexibility index (Phi) is 3.83. The molecule has 0 spiro atoms. The van der Waals surface area contributed by atoms with E-state index in [9.17, 15) is 4.39 Å². The van der Waals surface area contributed by atoms with E-state index in [4.69, 9.17) is 4.84 Å². The van der Waals surface area contributed by atoms with Crippen molar-refractivity contribution in [2.75, 3.05) is 0 Å². The second-order valence-corrected chi connectivity index (χ2v) is 4.62. The number of halogens is 1. The summed E-state index contributed by atoms with van der Waals surface area (Å²) in [5, 5.41) is 0. The Morgan fingerprint density at radius 3 is 2.53 bits per heavy atom. The van der Waals surface area contributed by atoms with Gasteiger partial charge in [-0.3, -0.25) is 4.84 Å². The standard InChI is InChI=1S/C12H18FNO/c1-9-5-6-10(7-11(9)13)8-14-15-12(2,3)4/h5-7,14H,8H2,1-4H3. The summed E-state index contributed by atoms with van der Waals surface area (Å²) in [6.45, 7) is 8.12. The normalized spacial score (nSPS) is 11.8. The van der Waals surface area contributed by atoms with E-state index in [0.717, 1.165) is 5.56 Å². The van der Waals surface area contributed by atoms with Gasteiger partial charge >= 0.3 is 0 Å². The highest BCUT2D eigenvalue weighted by molar-refractivity contribution is 5.22. The molecule has 1 rings (SSSR count). The summed E-state index contributed by atoms with van der Waals surface area (Å²) >= 11 is 0. The SMILES string of the molecule is Cc1ccc(CNOC(C)(C)C)cc1F. The van der Waals surface area contributed by atoms with Crippen LogP contribution in [0, 0.1) is 12.7 Å². The summed E-state index contributed by atoms with van der Waals surface area (Å²) in [7, 11) is 0. The first-order valence-corrected chi connectivity index (χ1v) is 5.04. The number of nitrogens with one attached hydrogen (secondary N) is 1. The second-order valence-electron chi connectivity index (χ2n) is 4.62. The molecule has 0 aliphatic carbocycles. The molecule has 0 aromatic heterocycles. The molecule has 2 nitrogen and oxygen atoms in total. The third kappa shape index (κ3) is 4.40. The lowest BCUT2D eigenvalue weighted by molar-refractivity contribution is -0.0757. The van der Waals surface area contributed by atoms with Gasteiger partial charge in [0.25, 0.3) is 0 Å². The van der Waals surface area contributed by atoms with E-state index in [-0.39, 0.29) is 11.4 Å². The van der Waals surface area contributed by atoms with E-state index < -0.39 is 0 Å². The van der Waals surface area contributed by atoms with Crippen molar-refractivity contribution < 1.29 is 9.23 Å². The predicted octanol–water partition coefficient (Wildman–Crippen LogP) is 2.95. The summed E-state index contributed by atoms with van der Waals surface area (Å²) in [6.07, 6.45) is 0. The first kappa shape index (κ1) is 12.1. The highest BCUT2D eigenvalue weighted by Crippen LogP contribution is 2.10. The van der Waals surface area contributed by atoms with Crippen molar-refractivity contribution >= 4 is 0 Å². The van der Waals surface area contributed by atoms with E-state index >= 15 is 0 Å². The van der Waals surface area contributed by atoms with E-state index in [2.05, 4.69) is 5.48 Å². The van der Waals surface area contributed by atoms with Gasteiger partial charge in [0, 0.05) is 6.54 Å². The van der Waals surface area contributed by atoms with Crippen molar-refractivity contribution in [3.8, 4) is 0 Å². The van der Waals surface area contributed by atoms with Crippen LogP contribution < -0.4 is 5.48 Å². The first-order valence-electron chi connectivity index (χ1n) is 5.04. The van der Waals surface area contributed by atoms with Crippen LogP contribution in [0.5, 0.6) is 0 Å². The average molecular weight is 211 g/mol. The first-order chi connectivity index (χ1) is 6.88. The van der Waals surface area contributed by atoms with Gasteiger partial charge in [0.05, 0.1) is 5.60 Å². The van der Waals surface area contributed by atoms with E-state index in [1.54, 1.807) is 13.0 Å². The Hall–Kier alpha value is -0.930. The molecule has 0 bridgehead atoms. The number of hydrogen-bond acceptors (Lipinski definition) is 2. The minimum absolute atomic E-state index is 0.176. The van der Waals surface area contributed by atoms with Crippen LogP contribution in [-0.2, 0) is 11.4 Å². The fraction of sp³-hybridized carbons (Fsp3) is 0.500. The fourth-order valence-electron chi connectivity index (χ4n) is 1.08. The monoisotopic (exact) mass is 211 g/mol. The molecule has 0 aliphatic rings. The summed E-state index contributed by atoms with van der Waals surface area (Å²) < 4.78 is 13.2. The van der Waals surface area contributed by atoms with Crippen molar-refractivity contribution in [1.29, 1.82) is 0 Å². The molecular weight excluding hydrogens is 193 g/mol. The Bertz CT molecular complexity index is 331. The van der Waals surface area contributed by atoms with E-state index in [0.29, 0.717) is 12.1 Å². The second kappa shape index (κ2) is 4.73. The molecule has 1 N–H and O–H groups in total. The zero-order valence-corrected chi connectivity index (χ0v) is 9.73. The Labute approximate surface area is 90.4 Å². The highest BCUT2D eigenvalue weighted by atomic mass is 19.1. The zero-order valence-electron chi connectivity index (χ0n) is 9.73. The molecule has 0 unspecified atom stereocenters. The molecular formula is C12H18FNO. The van der Waals surface area contributed by atoms with Crippen molar-refractivity contribution in [3.05, 3.63) is 35.1 Å². The van der Waals surface area contributed by atoms with Crippen LogP contribution >= 0.6 is 0 Å². The third-order valence-electron chi connectivity index (χ3n) is 1.89. The van der Waals surface area contributed by atoms with Crippen molar-refractivity contribution in [2.45, 2.75) is 39.8 Å². The van der Waals surface area contributed by atoms with Crippen LogP contribution in [-0.4, -0.2) is 5.60 Å². The molecule has 0 heterocycles. The average Bonchev–Trinajstić information content (AvgIpc) is 2.09. The zero-order chi connectivity index (χ0) is 11.5. The van der Waals surface area contributed by atoms with Gasteiger partial charge in [0.1, 0.15) is 5.82 Å². The molecule has 0 fully saturated rings. The van der Waals surface area contributed by atoms with E-state index in [1.807, 2.05) is 26.8 Å². The van der Waals surface area contributed by atoms with Crippen LogP contribution in [0.4, 0.5) is 4.39 Å². The summed E-state index contributed by atoms with van der Waals surface area (Å²) in [5.74, 6) is -0.176. The van der Waals surface area contributed by atoms with Crippen LogP contribution in [0.2, 0.25) is 0 Å². The van der Waals surface area contributed by atoms with Gasteiger partial charge in [-0.05, 0) is 44.9 Å². The Morgan fingerprint density at radius 2 is 2.00 bits per heavy atom. The largest absolute Gasteiger partial charge is 0.296 e. The highest BCUT2D eigenvalue weighted by Gasteiger charge is 2.09. The molecule has 1 aromatic carbocycles. The van der Waals surface area contributed by atoms with Crippen LogP contribution in [0.3, 0.4) is 0 Å². The van der Waals surface area contributed by atoms with Gasteiger partial charge in [-0.25, -0.2) is 4.39 Å². The summed E-state index contributed by atoms with van der Waals surface area (Å²) in [5.41, 5.74) is 4.13. The summed E-state index contributed by atoms with van der Waals surface area (Å²) in [4.78, 5) is 5.33. The maximum Gasteiger partial charge on any atom is 0.126 e. The van der Waals surface area contributed by atoms with E-state index in [1.165, 1.54) is 6.07 Å². The lowest BCUT2D eigenvalue weighted by Gasteiger charge is -2.19. The van der Waals surface area contributed by atoms with Gasteiger partial charge < -0.3 is 0 Å². The molecule has 0 saturated heterocycles. The smallest absolute Gasteiger partial charge is 0.126 e. The molecule has 0 amide bonds. The van der Waals surface area contributed by atoms with Crippen molar-refractivity contribution in [2.24, 2.45) is 0 Å². The van der Waals surface area contributed by atoms with Gasteiger partial charge in [-0.1, -0.05) is 12.1 Å². The maximum atomic E-state index is 13.2. The Balaban J connectivity index is 2.48. The van der Waals surface area contributed by atoms with Gasteiger partial charge in [0.15, 0.2) is 0 Å². The number of hydrogen-bond donors (Lipinski definition) is 1. The van der Waals surface area contributed by atoms with Gasteiger partial charge in [-0.15, -0.1) is 0 Å². The molecule has 3 heteroatoms. The van der Waals surface area contributed by atoms with Crippen LogP contribution in [0.1, 0.15) is 31.9 Å². The number of aryl methyl sites for hydroxylation is 1. The molecule has 1 aromatic rings. The third-order valence-corrected chi connectivity index (χ3v) is 1.89. The quantitative estimate of drug-likeness (QED) is 0.776. The molecule has 15 heavy (non-hydrogen) atoms. The number of rotatable bonds is 3. The fourth-order valence-corrected chi connectivity index (χ4v) is 1.08. The van der Waals surface area contributed by atoms with Crippen molar-refractivity contribution in [1.82, 2.24) is 5.48 Å². The molecule has 84 valence electrons. The summed E-state index contributed by atoms with van der Waals surface area (Å²) in [6, 6.07) is 5.18. The molecule has 0 aliphatic heterocycles. The number of benzene rings is 1. The minimum Gasteiger partial charge on any atom is -0.296 e. The van der Waals surface area contributed by atoms with Gasteiger partial charge in [-0.2, -0.15) is 5.48 Å². The van der Waals surface area contributed by atoms with Gasteiger partial charge in [0.2, 0.25) is 0 Å². The maximum absolute atomic E-state index is 13.2. The molecule has 0 radical (unpaired) electrons. The lowest BCUT2D eigenvalue weighted by atomic mass is 10.1. The minimum atomic E-state index is -0.233.